The van der Waals surface area contributed by atoms with Crippen LogP contribution in [0.1, 0.15) is 105 Å². The van der Waals surface area contributed by atoms with Crippen LogP contribution in [0.5, 0.6) is 23.0 Å². The van der Waals surface area contributed by atoms with Crippen molar-refractivity contribution in [1.29, 1.82) is 0 Å². The Morgan fingerprint density at radius 2 is 0.422 bits per heavy atom. The fourth-order valence-electron chi connectivity index (χ4n) is 4.34. The molecule has 4 aromatic carbocycles. The van der Waals surface area contributed by atoms with E-state index < -0.39 is 0 Å². The summed E-state index contributed by atoms with van der Waals surface area (Å²) in [5.41, 5.74) is 3.44. The first-order chi connectivity index (χ1) is 20.1. The van der Waals surface area contributed by atoms with Crippen molar-refractivity contribution in [2.45, 2.75) is 105 Å². The first kappa shape index (κ1) is 41.8. The van der Waals surface area contributed by atoms with Gasteiger partial charge in [-0.15, -0.1) is 23.0 Å². The molecule has 0 radical (unpaired) electrons. The molecule has 0 atom stereocenters. The Bertz CT molecular complexity index is 1210. The Morgan fingerprint density at radius 1 is 0.289 bits per heavy atom. The zero-order valence-corrected chi connectivity index (χ0v) is 30.9. The standard InChI is InChI=1S/4C10H14O.Ti/c4*1-10(2,3)8-6-4-5-7-9(8)11;/h4*4-7,11H,1-3H3;/q;;;;+4/p-4. The van der Waals surface area contributed by atoms with Gasteiger partial charge < -0.3 is 20.4 Å². The molecular formula is C40H52O4Ti. The van der Waals surface area contributed by atoms with Crippen LogP contribution in [-0.4, -0.2) is 0 Å². The minimum Gasteiger partial charge on any atom is -0.872 e. The molecule has 0 spiro atoms. The van der Waals surface area contributed by atoms with E-state index in [1.165, 1.54) is 0 Å². The van der Waals surface area contributed by atoms with Crippen molar-refractivity contribution >= 4 is 0 Å². The zero-order valence-electron chi connectivity index (χ0n) is 29.4. The third kappa shape index (κ3) is 14.6. The van der Waals surface area contributed by atoms with Gasteiger partial charge in [-0.2, -0.15) is 0 Å². The number of rotatable bonds is 0. The van der Waals surface area contributed by atoms with Gasteiger partial charge in [0.05, 0.1) is 0 Å². The molecular weight excluding hydrogens is 592 g/mol. The van der Waals surface area contributed by atoms with Crippen molar-refractivity contribution in [3.8, 4) is 23.0 Å². The van der Waals surface area contributed by atoms with Crippen LogP contribution in [0, 0.1) is 0 Å². The molecule has 4 aromatic rings. The average molecular weight is 645 g/mol. The van der Waals surface area contributed by atoms with Crippen molar-refractivity contribution in [3.05, 3.63) is 119 Å². The summed E-state index contributed by atoms with van der Waals surface area (Å²) < 4.78 is 0. The van der Waals surface area contributed by atoms with Gasteiger partial charge in [-0.3, -0.25) is 0 Å². The van der Waals surface area contributed by atoms with Gasteiger partial charge in [-0.05, 0) is 21.7 Å². The summed E-state index contributed by atoms with van der Waals surface area (Å²) >= 11 is 0. The molecule has 0 fully saturated rings. The van der Waals surface area contributed by atoms with Gasteiger partial charge in [0.1, 0.15) is 0 Å². The molecule has 4 rings (SSSR count). The van der Waals surface area contributed by atoms with E-state index in [0.29, 0.717) is 0 Å². The second-order valence-corrected chi connectivity index (χ2v) is 15.0. The van der Waals surface area contributed by atoms with Crippen LogP contribution in [0.2, 0.25) is 0 Å². The predicted octanol–water partition coefficient (Wildman–Crippen LogP) is 8.23. The van der Waals surface area contributed by atoms with Crippen molar-refractivity contribution in [2.75, 3.05) is 0 Å². The maximum atomic E-state index is 11.3. The molecule has 0 heterocycles. The van der Waals surface area contributed by atoms with E-state index >= 15 is 0 Å². The summed E-state index contributed by atoms with van der Waals surface area (Å²) in [7, 11) is 0. The van der Waals surface area contributed by atoms with E-state index in [9.17, 15) is 20.4 Å². The van der Waals surface area contributed by atoms with Crippen LogP contribution in [-0.2, 0) is 43.4 Å². The molecule has 0 aliphatic carbocycles. The van der Waals surface area contributed by atoms with Gasteiger partial charge in [-0.25, -0.2) is 0 Å². The van der Waals surface area contributed by atoms with E-state index in [1.807, 2.05) is 132 Å². The largest absolute Gasteiger partial charge is 4.00 e. The topological polar surface area (TPSA) is 92.2 Å². The Balaban J connectivity index is 0.000000569. The Kier molecular flexibility index (Phi) is 16.2. The summed E-state index contributed by atoms with van der Waals surface area (Å²) in [4.78, 5) is 0. The quantitative estimate of drug-likeness (QED) is 0.180. The SMILES string of the molecule is CC(C)(C)c1ccccc1[O-].CC(C)(C)c1ccccc1[O-].CC(C)(C)c1ccccc1[O-].CC(C)(C)c1ccccc1[O-].[Ti+4]. The van der Waals surface area contributed by atoms with Crippen LogP contribution in [0.15, 0.2) is 97.1 Å². The zero-order chi connectivity index (χ0) is 33.9. The molecule has 0 saturated carbocycles. The van der Waals surface area contributed by atoms with Crippen LogP contribution >= 0.6 is 0 Å². The van der Waals surface area contributed by atoms with Crippen molar-refractivity contribution < 1.29 is 42.1 Å². The first-order valence-corrected chi connectivity index (χ1v) is 15.1. The number of benzene rings is 4. The van der Waals surface area contributed by atoms with E-state index in [1.54, 1.807) is 48.5 Å². The van der Waals surface area contributed by atoms with E-state index in [-0.39, 0.29) is 66.4 Å². The molecule has 0 aliphatic heterocycles. The van der Waals surface area contributed by atoms with Crippen LogP contribution in [0.25, 0.3) is 0 Å². The first-order valence-electron chi connectivity index (χ1n) is 15.1. The molecule has 240 valence electrons. The van der Waals surface area contributed by atoms with Gasteiger partial charge in [0.25, 0.3) is 0 Å². The smallest absolute Gasteiger partial charge is 0.872 e. The predicted molar refractivity (Wildman–Crippen MR) is 178 cm³/mol. The normalized spacial score (nSPS) is 11.3. The average Bonchev–Trinajstić information content (AvgIpc) is 2.88. The fourth-order valence-corrected chi connectivity index (χ4v) is 4.34. The molecule has 0 N–H and O–H groups in total. The minimum atomic E-state index is -0.0294. The summed E-state index contributed by atoms with van der Waals surface area (Å²) in [5, 5.41) is 45.1. The molecule has 0 unspecified atom stereocenters. The fraction of sp³-hybridized carbons (Fsp3) is 0.400. The second kappa shape index (κ2) is 17.5. The van der Waals surface area contributed by atoms with Gasteiger partial charge in [0, 0.05) is 0 Å². The maximum absolute atomic E-state index is 11.3. The molecule has 0 aromatic heterocycles. The second-order valence-electron chi connectivity index (χ2n) is 15.0. The van der Waals surface area contributed by atoms with E-state index in [4.69, 9.17) is 0 Å². The van der Waals surface area contributed by atoms with Gasteiger partial charge in [0.2, 0.25) is 0 Å². The Morgan fingerprint density at radius 3 is 0.511 bits per heavy atom. The Labute approximate surface area is 288 Å². The summed E-state index contributed by atoms with van der Waals surface area (Å²) in [5.74, 6) is 0.556. The summed E-state index contributed by atoms with van der Waals surface area (Å²) in [6, 6.07) is 28.7. The van der Waals surface area contributed by atoms with Gasteiger partial charge in [-0.1, -0.05) is 202 Å². The third-order valence-electron chi connectivity index (χ3n) is 6.78. The monoisotopic (exact) mass is 644 g/mol. The molecule has 5 heteroatoms. The van der Waals surface area contributed by atoms with E-state index in [2.05, 4.69) is 0 Å². The number of para-hydroxylation sites is 4. The van der Waals surface area contributed by atoms with Crippen molar-refractivity contribution in [1.82, 2.24) is 0 Å². The van der Waals surface area contributed by atoms with Crippen LogP contribution in [0.3, 0.4) is 0 Å². The van der Waals surface area contributed by atoms with E-state index in [0.717, 1.165) is 22.3 Å². The molecule has 4 nitrogen and oxygen atoms in total. The summed E-state index contributed by atoms with van der Waals surface area (Å²) in [6.45, 7) is 24.5. The number of hydrogen-bond donors (Lipinski definition) is 0. The van der Waals surface area contributed by atoms with Crippen molar-refractivity contribution in [2.24, 2.45) is 0 Å². The summed E-state index contributed by atoms with van der Waals surface area (Å²) in [6.07, 6.45) is 0. The van der Waals surface area contributed by atoms with Gasteiger partial charge >= 0.3 is 21.7 Å². The molecule has 45 heavy (non-hydrogen) atoms. The van der Waals surface area contributed by atoms with Crippen LogP contribution in [0.4, 0.5) is 0 Å². The third-order valence-corrected chi connectivity index (χ3v) is 6.78. The Hall–Kier alpha value is -3.21. The molecule has 0 aliphatic rings. The van der Waals surface area contributed by atoms with Gasteiger partial charge in [0.15, 0.2) is 0 Å². The minimum absolute atomic E-state index is 0. The van der Waals surface area contributed by atoms with Crippen LogP contribution < -0.4 is 20.4 Å². The van der Waals surface area contributed by atoms with Crippen molar-refractivity contribution in [3.63, 3.8) is 0 Å². The maximum Gasteiger partial charge on any atom is 4.00 e. The molecule has 0 bridgehead atoms. The number of hydrogen-bond acceptors (Lipinski definition) is 4. The molecule has 0 amide bonds. The molecule has 0 saturated heterocycles.